The maximum atomic E-state index is 12.7. The van der Waals surface area contributed by atoms with Gasteiger partial charge < -0.3 is 15.4 Å². The summed E-state index contributed by atoms with van der Waals surface area (Å²) in [5.74, 6) is -0.221. The number of hydrogen-bond donors (Lipinski definition) is 2. The first-order valence-electron chi connectivity index (χ1n) is 8.61. The van der Waals surface area contributed by atoms with Crippen molar-refractivity contribution in [2.45, 2.75) is 6.92 Å². The molecule has 0 fully saturated rings. The molecule has 8 nitrogen and oxygen atoms in total. The van der Waals surface area contributed by atoms with Gasteiger partial charge >= 0.3 is 5.97 Å². The van der Waals surface area contributed by atoms with Crippen LogP contribution in [0.3, 0.4) is 0 Å². The van der Waals surface area contributed by atoms with E-state index in [0.717, 1.165) is 0 Å². The van der Waals surface area contributed by atoms with Crippen LogP contribution >= 0.6 is 0 Å². The minimum absolute atomic E-state index is 0.133. The molecule has 8 heteroatoms. The third kappa shape index (κ3) is 4.73. The van der Waals surface area contributed by atoms with Crippen LogP contribution in [0.1, 0.15) is 32.2 Å². The molecule has 144 valence electrons. The highest BCUT2D eigenvalue weighted by Crippen LogP contribution is 2.19. The predicted molar refractivity (Wildman–Crippen MR) is 107 cm³/mol. The van der Waals surface area contributed by atoms with Gasteiger partial charge in [-0.3, -0.25) is 4.79 Å². The second-order valence-corrected chi connectivity index (χ2v) is 5.99. The fraction of sp³-hybridized carbons (Fsp3) is 0.0952. The average molecular weight is 387 g/mol. The van der Waals surface area contributed by atoms with Gasteiger partial charge in [0.05, 0.1) is 30.0 Å². The van der Waals surface area contributed by atoms with E-state index in [9.17, 15) is 9.59 Å². The standard InChI is InChI=1S/C21H17N5O3/c1-13-23-18(11-19(24-13)25-15-9-7-14(12-22)8-10-15)20(27)26-17-6-4-3-5-16(17)21(28)29-2/h3-11H,1-2H3,(H,26,27)(H,23,24,25). The highest BCUT2D eigenvalue weighted by molar-refractivity contribution is 6.07. The number of rotatable bonds is 5. The lowest BCUT2D eigenvalue weighted by atomic mass is 10.1. The van der Waals surface area contributed by atoms with E-state index in [4.69, 9.17) is 10.00 Å². The number of anilines is 3. The van der Waals surface area contributed by atoms with Crippen molar-refractivity contribution in [3.05, 3.63) is 77.2 Å². The van der Waals surface area contributed by atoms with E-state index in [0.29, 0.717) is 28.6 Å². The van der Waals surface area contributed by atoms with Crippen molar-refractivity contribution in [3.8, 4) is 6.07 Å². The quantitative estimate of drug-likeness (QED) is 0.644. The molecule has 0 saturated carbocycles. The molecule has 0 saturated heterocycles. The smallest absolute Gasteiger partial charge is 0.339 e. The summed E-state index contributed by atoms with van der Waals surface area (Å²) in [5.41, 5.74) is 1.95. The van der Waals surface area contributed by atoms with Gasteiger partial charge in [0.1, 0.15) is 17.3 Å². The molecule has 0 unspecified atom stereocenters. The largest absolute Gasteiger partial charge is 0.465 e. The molecule has 0 atom stereocenters. The summed E-state index contributed by atoms with van der Waals surface area (Å²) < 4.78 is 4.74. The lowest BCUT2D eigenvalue weighted by Gasteiger charge is -2.11. The molecule has 2 N–H and O–H groups in total. The van der Waals surface area contributed by atoms with Crippen molar-refractivity contribution in [3.63, 3.8) is 0 Å². The maximum Gasteiger partial charge on any atom is 0.339 e. The number of ether oxygens (including phenoxy) is 1. The van der Waals surface area contributed by atoms with Gasteiger partial charge in [0.2, 0.25) is 0 Å². The number of carbonyl (C=O) groups excluding carboxylic acids is 2. The third-order valence-electron chi connectivity index (χ3n) is 3.94. The number of nitriles is 1. The van der Waals surface area contributed by atoms with E-state index in [2.05, 4.69) is 26.7 Å². The maximum absolute atomic E-state index is 12.7. The summed E-state index contributed by atoms with van der Waals surface area (Å²) in [6.45, 7) is 1.67. The number of aromatic nitrogens is 2. The minimum Gasteiger partial charge on any atom is -0.465 e. The normalized spacial score (nSPS) is 9.97. The van der Waals surface area contributed by atoms with Gasteiger partial charge in [-0.05, 0) is 43.3 Å². The Labute approximate surface area is 167 Å². The molecule has 29 heavy (non-hydrogen) atoms. The van der Waals surface area contributed by atoms with Crippen molar-refractivity contribution in [1.29, 1.82) is 5.26 Å². The molecule has 0 aliphatic rings. The van der Waals surface area contributed by atoms with Gasteiger partial charge in [-0.15, -0.1) is 0 Å². The lowest BCUT2D eigenvalue weighted by molar-refractivity contribution is 0.0602. The van der Waals surface area contributed by atoms with Gasteiger partial charge in [0.25, 0.3) is 5.91 Å². The lowest BCUT2D eigenvalue weighted by Crippen LogP contribution is -2.17. The number of aryl methyl sites for hydroxylation is 1. The van der Waals surface area contributed by atoms with Gasteiger partial charge in [0, 0.05) is 11.8 Å². The summed E-state index contributed by atoms with van der Waals surface area (Å²) in [5, 5.41) is 14.6. The van der Waals surface area contributed by atoms with Crippen LogP contribution in [0.5, 0.6) is 0 Å². The summed E-state index contributed by atoms with van der Waals surface area (Å²) in [4.78, 5) is 33.0. The predicted octanol–water partition coefficient (Wildman–Crippen LogP) is 3.44. The number of esters is 1. The van der Waals surface area contributed by atoms with E-state index < -0.39 is 11.9 Å². The highest BCUT2D eigenvalue weighted by Gasteiger charge is 2.16. The zero-order valence-electron chi connectivity index (χ0n) is 15.8. The molecular weight excluding hydrogens is 370 g/mol. The van der Waals surface area contributed by atoms with Crippen LogP contribution < -0.4 is 10.6 Å². The van der Waals surface area contributed by atoms with Crippen LogP contribution in [0.4, 0.5) is 17.2 Å². The molecule has 0 aliphatic carbocycles. The fourth-order valence-electron chi connectivity index (χ4n) is 2.59. The van der Waals surface area contributed by atoms with Crippen LogP contribution in [0.2, 0.25) is 0 Å². The molecule has 0 aliphatic heterocycles. The van der Waals surface area contributed by atoms with Crippen LogP contribution in [-0.4, -0.2) is 29.0 Å². The second-order valence-electron chi connectivity index (χ2n) is 5.99. The number of para-hydroxylation sites is 1. The number of nitrogens with one attached hydrogen (secondary N) is 2. The summed E-state index contributed by atoms with van der Waals surface area (Å²) in [7, 11) is 1.27. The molecule has 1 heterocycles. The summed E-state index contributed by atoms with van der Waals surface area (Å²) in [6.07, 6.45) is 0. The van der Waals surface area contributed by atoms with Gasteiger partial charge in [-0.2, -0.15) is 5.26 Å². The van der Waals surface area contributed by atoms with E-state index in [-0.39, 0.29) is 11.3 Å². The first-order chi connectivity index (χ1) is 14.0. The van der Waals surface area contributed by atoms with Crippen molar-refractivity contribution in [2.75, 3.05) is 17.7 Å². The topological polar surface area (TPSA) is 117 Å². The zero-order valence-corrected chi connectivity index (χ0v) is 15.8. The molecule has 3 rings (SSSR count). The number of carbonyl (C=O) groups is 2. The molecule has 1 amide bonds. The fourth-order valence-corrected chi connectivity index (χ4v) is 2.59. The van der Waals surface area contributed by atoms with Crippen LogP contribution in [0.25, 0.3) is 0 Å². The molecule has 0 bridgehead atoms. The molecule has 3 aromatic rings. The number of methoxy groups -OCH3 is 1. The Morgan fingerprint density at radius 2 is 1.79 bits per heavy atom. The zero-order chi connectivity index (χ0) is 20.8. The van der Waals surface area contributed by atoms with Crippen LogP contribution in [0.15, 0.2) is 54.6 Å². The van der Waals surface area contributed by atoms with Gasteiger partial charge in [-0.25, -0.2) is 14.8 Å². The minimum atomic E-state index is -0.553. The summed E-state index contributed by atoms with van der Waals surface area (Å²) >= 11 is 0. The van der Waals surface area contributed by atoms with Gasteiger partial charge in [-0.1, -0.05) is 12.1 Å². The van der Waals surface area contributed by atoms with Crippen LogP contribution in [0, 0.1) is 18.3 Å². The van der Waals surface area contributed by atoms with Crippen molar-refractivity contribution in [2.24, 2.45) is 0 Å². The molecule has 2 aromatic carbocycles. The Morgan fingerprint density at radius 3 is 2.48 bits per heavy atom. The average Bonchev–Trinajstić information content (AvgIpc) is 2.73. The number of hydrogen-bond acceptors (Lipinski definition) is 7. The molecule has 1 aromatic heterocycles. The molecular formula is C21H17N5O3. The SMILES string of the molecule is COC(=O)c1ccccc1NC(=O)c1cc(Nc2ccc(C#N)cc2)nc(C)n1. The first kappa shape index (κ1) is 19.5. The van der Waals surface area contributed by atoms with E-state index >= 15 is 0 Å². The van der Waals surface area contributed by atoms with E-state index in [1.54, 1.807) is 55.5 Å². The highest BCUT2D eigenvalue weighted by atomic mass is 16.5. The number of nitrogens with zero attached hydrogens (tertiary/aromatic N) is 3. The number of benzene rings is 2. The summed E-state index contributed by atoms with van der Waals surface area (Å²) in [6, 6.07) is 16.9. The van der Waals surface area contributed by atoms with E-state index in [1.807, 2.05) is 0 Å². The monoisotopic (exact) mass is 387 g/mol. The first-order valence-corrected chi connectivity index (χ1v) is 8.61. The van der Waals surface area contributed by atoms with Gasteiger partial charge in [0.15, 0.2) is 0 Å². The number of amides is 1. The van der Waals surface area contributed by atoms with Crippen molar-refractivity contribution >= 4 is 29.1 Å². The third-order valence-corrected chi connectivity index (χ3v) is 3.94. The molecule has 0 radical (unpaired) electrons. The Hall–Kier alpha value is -4.25. The Kier molecular flexibility index (Phi) is 5.80. The van der Waals surface area contributed by atoms with Crippen LogP contribution in [-0.2, 0) is 4.74 Å². The second kappa shape index (κ2) is 8.63. The van der Waals surface area contributed by atoms with Crippen molar-refractivity contribution in [1.82, 2.24) is 9.97 Å². The Bertz CT molecular complexity index is 1100. The van der Waals surface area contributed by atoms with Crippen molar-refractivity contribution < 1.29 is 14.3 Å². The molecule has 0 spiro atoms. The Morgan fingerprint density at radius 1 is 1.07 bits per heavy atom. The Balaban J connectivity index is 1.83. The van der Waals surface area contributed by atoms with E-state index in [1.165, 1.54) is 13.2 Å².